The SMILES string of the molecule is Cc1ccc(Cc2nsc(Oc3ccc(CC(=O)NCCc4ccc(Cl)cc4Cl)cc3)n2)cc1. The smallest absolute Gasteiger partial charge is 0.298 e. The van der Waals surface area contributed by atoms with E-state index in [0.29, 0.717) is 40.4 Å². The minimum Gasteiger partial charge on any atom is -0.430 e. The predicted molar refractivity (Wildman–Crippen MR) is 137 cm³/mol. The minimum absolute atomic E-state index is 0.0522. The molecule has 1 aromatic heterocycles. The summed E-state index contributed by atoms with van der Waals surface area (Å²) < 4.78 is 10.2. The van der Waals surface area contributed by atoms with Gasteiger partial charge < -0.3 is 10.1 Å². The average molecular weight is 512 g/mol. The van der Waals surface area contributed by atoms with E-state index in [0.717, 1.165) is 22.5 Å². The molecule has 4 aromatic rings. The highest BCUT2D eigenvalue weighted by Crippen LogP contribution is 2.25. The number of aryl methyl sites for hydroxylation is 1. The molecule has 1 amide bonds. The maximum Gasteiger partial charge on any atom is 0.298 e. The largest absolute Gasteiger partial charge is 0.430 e. The first-order valence-electron chi connectivity index (χ1n) is 10.8. The second kappa shape index (κ2) is 11.5. The zero-order valence-electron chi connectivity index (χ0n) is 18.6. The van der Waals surface area contributed by atoms with Gasteiger partial charge in [0.15, 0.2) is 5.82 Å². The zero-order chi connectivity index (χ0) is 23.9. The van der Waals surface area contributed by atoms with Crippen molar-refractivity contribution in [2.24, 2.45) is 0 Å². The molecular weight excluding hydrogens is 489 g/mol. The van der Waals surface area contributed by atoms with E-state index in [2.05, 4.69) is 45.9 Å². The van der Waals surface area contributed by atoms with Gasteiger partial charge >= 0.3 is 0 Å². The lowest BCUT2D eigenvalue weighted by Crippen LogP contribution is -2.27. The molecule has 0 aliphatic carbocycles. The summed E-state index contributed by atoms with van der Waals surface area (Å²) in [6.45, 7) is 2.57. The maximum absolute atomic E-state index is 12.3. The molecule has 0 bridgehead atoms. The van der Waals surface area contributed by atoms with Crippen molar-refractivity contribution in [3.8, 4) is 10.9 Å². The molecule has 0 atom stereocenters. The summed E-state index contributed by atoms with van der Waals surface area (Å²) in [5, 5.41) is 4.62. The number of amides is 1. The summed E-state index contributed by atoms with van der Waals surface area (Å²) in [7, 11) is 0. The van der Waals surface area contributed by atoms with E-state index in [9.17, 15) is 4.79 Å². The van der Waals surface area contributed by atoms with Crippen molar-refractivity contribution in [3.63, 3.8) is 0 Å². The number of carbonyl (C=O) groups is 1. The molecule has 4 rings (SSSR count). The summed E-state index contributed by atoms with van der Waals surface area (Å²) >= 11 is 13.3. The lowest BCUT2D eigenvalue weighted by atomic mass is 10.1. The molecule has 0 unspecified atom stereocenters. The van der Waals surface area contributed by atoms with Gasteiger partial charge in [-0.05, 0) is 54.3 Å². The van der Waals surface area contributed by atoms with Crippen molar-refractivity contribution in [2.45, 2.75) is 26.2 Å². The van der Waals surface area contributed by atoms with Gasteiger partial charge in [0, 0.05) is 34.5 Å². The van der Waals surface area contributed by atoms with Crippen molar-refractivity contribution < 1.29 is 9.53 Å². The van der Waals surface area contributed by atoms with Gasteiger partial charge in [-0.1, -0.05) is 71.2 Å². The number of nitrogens with zero attached hydrogens (tertiary/aromatic N) is 2. The van der Waals surface area contributed by atoms with Crippen LogP contribution in [0.1, 0.15) is 28.1 Å². The molecule has 34 heavy (non-hydrogen) atoms. The minimum atomic E-state index is -0.0522. The lowest BCUT2D eigenvalue weighted by Gasteiger charge is -2.08. The fraction of sp³-hybridized carbons (Fsp3) is 0.192. The normalized spacial score (nSPS) is 10.8. The number of nitrogens with one attached hydrogen (secondary N) is 1. The number of hydrogen-bond acceptors (Lipinski definition) is 5. The van der Waals surface area contributed by atoms with Crippen LogP contribution in [0.25, 0.3) is 0 Å². The van der Waals surface area contributed by atoms with Crippen LogP contribution in [-0.4, -0.2) is 21.8 Å². The number of halogens is 2. The summed E-state index contributed by atoms with van der Waals surface area (Å²) in [6.07, 6.45) is 1.59. The van der Waals surface area contributed by atoms with Crippen molar-refractivity contribution in [2.75, 3.05) is 6.54 Å². The van der Waals surface area contributed by atoms with E-state index in [1.54, 1.807) is 12.1 Å². The van der Waals surface area contributed by atoms with Gasteiger partial charge in [0.25, 0.3) is 5.19 Å². The lowest BCUT2D eigenvalue weighted by molar-refractivity contribution is -0.120. The van der Waals surface area contributed by atoms with Crippen LogP contribution in [0.2, 0.25) is 10.0 Å². The fourth-order valence-electron chi connectivity index (χ4n) is 3.32. The van der Waals surface area contributed by atoms with Gasteiger partial charge in [-0.25, -0.2) is 0 Å². The Morgan fingerprint density at radius 1 is 1.00 bits per heavy atom. The number of rotatable bonds is 9. The van der Waals surface area contributed by atoms with E-state index in [1.165, 1.54) is 17.1 Å². The van der Waals surface area contributed by atoms with E-state index >= 15 is 0 Å². The van der Waals surface area contributed by atoms with Crippen molar-refractivity contribution in [3.05, 3.63) is 105 Å². The van der Waals surface area contributed by atoms with Gasteiger partial charge in [-0.2, -0.15) is 9.36 Å². The van der Waals surface area contributed by atoms with Crippen LogP contribution in [0.3, 0.4) is 0 Å². The third kappa shape index (κ3) is 7.03. The Morgan fingerprint density at radius 2 is 1.74 bits per heavy atom. The zero-order valence-corrected chi connectivity index (χ0v) is 20.9. The molecule has 0 saturated heterocycles. The quantitative estimate of drug-likeness (QED) is 0.281. The molecule has 174 valence electrons. The molecule has 0 saturated carbocycles. The van der Waals surface area contributed by atoms with Crippen LogP contribution in [0.4, 0.5) is 0 Å². The van der Waals surface area contributed by atoms with Crippen LogP contribution >= 0.6 is 34.7 Å². The van der Waals surface area contributed by atoms with Gasteiger partial charge in [0.1, 0.15) is 5.75 Å². The van der Waals surface area contributed by atoms with Crippen molar-refractivity contribution >= 4 is 40.6 Å². The highest BCUT2D eigenvalue weighted by molar-refractivity contribution is 7.07. The molecule has 0 spiro atoms. The van der Waals surface area contributed by atoms with E-state index in [4.69, 9.17) is 27.9 Å². The molecule has 0 radical (unpaired) electrons. The Hall–Kier alpha value is -2.93. The first-order chi connectivity index (χ1) is 16.4. The Kier molecular flexibility index (Phi) is 8.16. The molecule has 5 nitrogen and oxygen atoms in total. The predicted octanol–water partition coefficient (Wildman–Crippen LogP) is 6.44. The molecule has 1 heterocycles. The van der Waals surface area contributed by atoms with E-state index in [1.807, 2.05) is 30.3 Å². The van der Waals surface area contributed by atoms with Gasteiger partial charge in [0.2, 0.25) is 5.91 Å². The van der Waals surface area contributed by atoms with Crippen LogP contribution in [0, 0.1) is 6.92 Å². The number of carbonyl (C=O) groups excluding carboxylic acids is 1. The van der Waals surface area contributed by atoms with Gasteiger partial charge in [0.05, 0.1) is 6.42 Å². The third-order valence-electron chi connectivity index (χ3n) is 5.16. The first kappa shape index (κ1) is 24.2. The standard InChI is InChI=1S/C26H23Cl2N3O2S/c1-17-2-4-18(5-3-17)14-24-30-26(34-31-24)33-22-10-6-19(7-11-22)15-25(32)29-13-12-20-8-9-21(27)16-23(20)28/h2-11,16H,12-15H2,1H3,(H,29,32). The second-order valence-electron chi connectivity index (χ2n) is 7.90. The summed E-state index contributed by atoms with van der Waals surface area (Å²) in [4.78, 5) is 16.7. The average Bonchev–Trinajstić information content (AvgIpc) is 3.25. The Balaban J connectivity index is 1.24. The molecule has 3 aromatic carbocycles. The molecule has 0 fully saturated rings. The van der Waals surface area contributed by atoms with E-state index < -0.39 is 0 Å². The molecule has 1 N–H and O–H groups in total. The first-order valence-corrected chi connectivity index (χ1v) is 12.3. The molecule has 0 aliphatic rings. The van der Waals surface area contributed by atoms with Crippen molar-refractivity contribution in [1.29, 1.82) is 0 Å². The maximum atomic E-state index is 12.3. The monoisotopic (exact) mass is 511 g/mol. The second-order valence-corrected chi connectivity index (χ2v) is 9.46. The van der Waals surface area contributed by atoms with Crippen molar-refractivity contribution in [1.82, 2.24) is 14.7 Å². The van der Waals surface area contributed by atoms with Crippen LogP contribution in [0.15, 0.2) is 66.7 Å². The Bertz CT molecular complexity index is 1260. The number of ether oxygens (including phenoxy) is 1. The van der Waals surface area contributed by atoms with Gasteiger partial charge in [-0.15, -0.1) is 0 Å². The highest BCUT2D eigenvalue weighted by Gasteiger charge is 2.09. The van der Waals surface area contributed by atoms with Gasteiger partial charge in [-0.3, -0.25) is 4.79 Å². The van der Waals surface area contributed by atoms with Crippen LogP contribution in [0.5, 0.6) is 10.9 Å². The summed E-state index contributed by atoms with van der Waals surface area (Å²) in [5.41, 5.74) is 4.23. The number of aromatic nitrogens is 2. The summed E-state index contributed by atoms with van der Waals surface area (Å²) in [5.74, 6) is 1.33. The third-order valence-corrected chi connectivity index (χ3v) is 6.38. The Morgan fingerprint density at radius 3 is 2.47 bits per heavy atom. The highest BCUT2D eigenvalue weighted by atomic mass is 35.5. The topological polar surface area (TPSA) is 64.1 Å². The molecule has 8 heteroatoms. The number of benzene rings is 3. The Labute approximate surface area is 212 Å². The molecule has 0 aliphatic heterocycles. The van der Waals surface area contributed by atoms with E-state index in [-0.39, 0.29) is 12.3 Å². The van der Waals surface area contributed by atoms with Crippen LogP contribution < -0.4 is 10.1 Å². The fourth-order valence-corrected chi connectivity index (χ4v) is 4.40. The van der Waals surface area contributed by atoms with Crippen LogP contribution in [-0.2, 0) is 24.1 Å². The molecular formula is C26H23Cl2N3O2S. The summed E-state index contributed by atoms with van der Waals surface area (Å²) in [6, 6.07) is 21.1. The number of hydrogen-bond donors (Lipinski definition) is 1.